The van der Waals surface area contributed by atoms with Crippen molar-refractivity contribution < 1.29 is 9.47 Å². The molecule has 0 saturated carbocycles. The highest BCUT2D eigenvalue weighted by atomic mass is 16.5. The first-order chi connectivity index (χ1) is 8.91. The molecule has 0 fully saturated rings. The van der Waals surface area contributed by atoms with Crippen LogP contribution in [-0.4, -0.2) is 50.6 Å². The van der Waals surface area contributed by atoms with Crippen molar-refractivity contribution in [1.29, 1.82) is 0 Å². The van der Waals surface area contributed by atoms with Gasteiger partial charge in [0.1, 0.15) is 0 Å². The van der Waals surface area contributed by atoms with Crippen molar-refractivity contribution >= 4 is 0 Å². The summed E-state index contributed by atoms with van der Waals surface area (Å²) in [4.78, 5) is 0. The van der Waals surface area contributed by atoms with E-state index in [0.29, 0.717) is 24.3 Å². The molecule has 116 valence electrons. The van der Waals surface area contributed by atoms with Gasteiger partial charge in [-0.25, -0.2) is 0 Å². The number of ether oxygens (including phenoxy) is 2. The Balaban J connectivity index is 3.44. The van der Waals surface area contributed by atoms with E-state index in [1.54, 1.807) is 0 Å². The van der Waals surface area contributed by atoms with Crippen molar-refractivity contribution in [3.63, 3.8) is 0 Å². The van der Waals surface area contributed by atoms with E-state index in [-0.39, 0.29) is 0 Å². The third kappa shape index (κ3) is 14.1. The molecule has 0 amide bonds. The van der Waals surface area contributed by atoms with Crippen molar-refractivity contribution in [2.75, 3.05) is 26.3 Å². The molecule has 0 bridgehead atoms. The first-order valence-electron chi connectivity index (χ1n) is 7.61. The molecular formula is C15H34N2O2. The van der Waals surface area contributed by atoms with Crippen LogP contribution in [0, 0.1) is 0 Å². The molecule has 0 aromatic rings. The van der Waals surface area contributed by atoms with Gasteiger partial charge in [0.05, 0.1) is 25.4 Å². The first-order valence-corrected chi connectivity index (χ1v) is 7.61. The second kappa shape index (κ2) is 11.6. The zero-order chi connectivity index (χ0) is 14.7. The lowest BCUT2D eigenvalue weighted by molar-refractivity contribution is 0.0777. The number of hydrogen-bond acceptors (Lipinski definition) is 4. The maximum Gasteiger partial charge on any atom is 0.0594 e. The Labute approximate surface area is 119 Å². The predicted octanol–water partition coefficient (Wildman–Crippen LogP) is 2.18. The molecule has 0 radical (unpaired) electrons. The Morgan fingerprint density at radius 3 is 1.37 bits per heavy atom. The zero-order valence-electron chi connectivity index (χ0n) is 13.7. The molecule has 4 heteroatoms. The van der Waals surface area contributed by atoms with Gasteiger partial charge in [0, 0.05) is 25.2 Å². The molecule has 0 rings (SSSR count). The van der Waals surface area contributed by atoms with Crippen LogP contribution in [-0.2, 0) is 9.47 Å². The van der Waals surface area contributed by atoms with Gasteiger partial charge in [-0.1, -0.05) is 0 Å². The van der Waals surface area contributed by atoms with Crippen molar-refractivity contribution in [2.24, 2.45) is 0 Å². The molecule has 19 heavy (non-hydrogen) atoms. The molecule has 0 aliphatic carbocycles. The standard InChI is InChI=1S/C15H34N2O2/c1-12(2)18-9-7-16-14(5)11-15(6)17-8-10-19-13(3)4/h12-17H,7-11H2,1-6H3. The van der Waals surface area contributed by atoms with Gasteiger partial charge >= 0.3 is 0 Å². The lowest BCUT2D eigenvalue weighted by Crippen LogP contribution is -2.38. The summed E-state index contributed by atoms with van der Waals surface area (Å²) >= 11 is 0. The lowest BCUT2D eigenvalue weighted by atomic mass is 10.1. The normalized spacial score (nSPS) is 15.2. The summed E-state index contributed by atoms with van der Waals surface area (Å²) in [5.41, 5.74) is 0. The lowest BCUT2D eigenvalue weighted by Gasteiger charge is -2.20. The van der Waals surface area contributed by atoms with Gasteiger partial charge in [0.15, 0.2) is 0 Å². The highest BCUT2D eigenvalue weighted by Crippen LogP contribution is 1.97. The molecule has 0 aromatic carbocycles. The minimum absolute atomic E-state index is 0.318. The van der Waals surface area contributed by atoms with Crippen molar-refractivity contribution in [2.45, 2.75) is 72.3 Å². The summed E-state index contributed by atoms with van der Waals surface area (Å²) in [5.74, 6) is 0. The van der Waals surface area contributed by atoms with E-state index in [0.717, 1.165) is 32.7 Å². The molecule has 2 atom stereocenters. The van der Waals surface area contributed by atoms with Crippen LogP contribution < -0.4 is 10.6 Å². The van der Waals surface area contributed by atoms with E-state index < -0.39 is 0 Å². The Morgan fingerprint density at radius 2 is 1.05 bits per heavy atom. The first kappa shape index (κ1) is 18.8. The van der Waals surface area contributed by atoms with Gasteiger partial charge in [-0.3, -0.25) is 0 Å². The van der Waals surface area contributed by atoms with Crippen LogP contribution >= 0.6 is 0 Å². The van der Waals surface area contributed by atoms with Crippen LogP contribution in [0.5, 0.6) is 0 Å². The minimum Gasteiger partial charge on any atom is -0.377 e. The van der Waals surface area contributed by atoms with E-state index in [4.69, 9.17) is 9.47 Å². The summed E-state index contributed by atoms with van der Waals surface area (Å²) < 4.78 is 11.0. The van der Waals surface area contributed by atoms with Crippen LogP contribution in [0.25, 0.3) is 0 Å². The van der Waals surface area contributed by atoms with Crippen LogP contribution in [0.3, 0.4) is 0 Å². The maximum atomic E-state index is 5.50. The summed E-state index contributed by atoms with van der Waals surface area (Å²) in [6.45, 7) is 16.1. The molecule has 0 aliphatic heterocycles. The average molecular weight is 274 g/mol. The molecule has 0 spiro atoms. The number of rotatable bonds is 12. The minimum atomic E-state index is 0.318. The van der Waals surface area contributed by atoms with Crippen molar-refractivity contribution in [1.82, 2.24) is 10.6 Å². The highest BCUT2D eigenvalue weighted by Gasteiger charge is 2.07. The van der Waals surface area contributed by atoms with E-state index in [9.17, 15) is 0 Å². The smallest absolute Gasteiger partial charge is 0.0594 e. The average Bonchev–Trinajstić information content (AvgIpc) is 2.30. The fraction of sp³-hybridized carbons (Fsp3) is 1.00. The monoisotopic (exact) mass is 274 g/mol. The van der Waals surface area contributed by atoms with Gasteiger partial charge in [-0.15, -0.1) is 0 Å². The molecule has 2 N–H and O–H groups in total. The van der Waals surface area contributed by atoms with Crippen molar-refractivity contribution in [3.8, 4) is 0 Å². The summed E-state index contributed by atoms with van der Waals surface area (Å²) in [5, 5.41) is 6.96. The van der Waals surface area contributed by atoms with Gasteiger partial charge in [0.2, 0.25) is 0 Å². The Bertz CT molecular complexity index is 179. The van der Waals surface area contributed by atoms with Crippen LogP contribution in [0.1, 0.15) is 48.0 Å². The van der Waals surface area contributed by atoms with E-state index in [2.05, 4.69) is 52.2 Å². The molecule has 0 heterocycles. The van der Waals surface area contributed by atoms with Crippen LogP contribution in [0.2, 0.25) is 0 Å². The quantitative estimate of drug-likeness (QED) is 0.535. The molecule has 4 nitrogen and oxygen atoms in total. The zero-order valence-corrected chi connectivity index (χ0v) is 13.7. The van der Waals surface area contributed by atoms with Gasteiger partial charge in [0.25, 0.3) is 0 Å². The summed E-state index contributed by atoms with van der Waals surface area (Å²) in [7, 11) is 0. The Morgan fingerprint density at radius 1 is 0.684 bits per heavy atom. The summed E-state index contributed by atoms with van der Waals surface area (Å²) in [6, 6.07) is 1.01. The van der Waals surface area contributed by atoms with Crippen molar-refractivity contribution in [3.05, 3.63) is 0 Å². The number of hydrogen-bond donors (Lipinski definition) is 2. The van der Waals surface area contributed by atoms with Gasteiger partial charge in [-0.2, -0.15) is 0 Å². The van der Waals surface area contributed by atoms with Gasteiger partial charge in [-0.05, 0) is 48.0 Å². The SMILES string of the molecule is CC(CC(C)NCCOC(C)C)NCCOC(C)C. The topological polar surface area (TPSA) is 42.5 Å². The third-order valence-corrected chi connectivity index (χ3v) is 2.80. The number of nitrogens with one attached hydrogen (secondary N) is 2. The second-order valence-corrected chi connectivity index (χ2v) is 5.79. The second-order valence-electron chi connectivity index (χ2n) is 5.79. The van der Waals surface area contributed by atoms with E-state index in [1.807, 2.05) is 0 Å². The molecule has 0 saturated heterocycles. The molecule has 2 unspecified atom stereocenters. The van der Waals surface area contributed by atoms with E-state index in [1.165, 1.54) is 0 Å². The fourth-order valence-electron chi connectivity index (χ4n) is 1.90. The molecule has 0 aliphatic rings. The Kier molecular flexibility index (Phi) is 11.6. The van der Waals surface area contributed by atoms with E-state index >= 15 is 0 Å². The third-order valence-electron chi connectivity index (χ3n) is 2.80. The van der Waals surface area contributed by atoms with Crippen LogP contribution in [0.15, 0.2) is 0 Å². The summed E-state index contributed by atoms with van der Waals surface area (Å²) in [6.07, 6.45) is 1.75. The fourth-order valence-corrected chi connectivity index (χ4v) is 1.90. The Hall–Kier alpha value is -0.160. The highest BCUT2D eigenvalue weighted by molar-refractivity contribution is 4.69. The largest absolute Gasteiger partial charge is 0.377 e. The molecule has 0 aromatic heterocycles. The van der Waals surface area contributed by atoms with Gasteiger partial charge < -0.3 is 20.1 Å². The maximum absolute atomic E-state index is 5.50. The predicted molar refractivity (Wildman–Crippen MR) is 81.7 cm³/mol. The molecular weight excluding hydrogens is 240 g/mol. The van der Waals surface area contributed by atoms with Crippen LogP contribution in [0.4, 0.5) is 0 Å².